The number of hydrogen-bond donors (Lipinski definition) is 1. The molecule has 1 amide bonds. The number of halogens is 1. The zero-order valence-corrected chi connectivity index (χ0v) is 14.7. The number of fused-ring (bicyclic) bond motifs is 1. The number of carbonyl (C=O) groups excluding carboxylic acids is 1. The van der Waals surface area contributed by atoms with Crippen molar-refractivity contribution in [3.05, 3.63) is 50.9 Å². The van der Waals surface area contributed by atoms with E-state index >= 15 is 0 Å². The molecule has 0 bridgehead atoms. The highest BCUT2D eigenvalue weighted by molar-refractivity contribution is 8.00. The summed E-state index contributed by atoms with van der Waals surface area (Å²) in [5, 5.41) is 0.297. The largest absolute Gasteiger partial charge is 0.369 e. The van der Waals surface area contributed by atoms with Crippen LogP contribution in [-0.4, -0.2) is 30.8 Å². The van der Waals surface area contributed by atoms with E-state index in [2.05, 4.69) is 9.97 Å². The molecule has 0 aliphatic heterocycles. The van der Waals surface area contributed by atoms with Gasteiger partial charge in [0.25, 0.3) is 5.56 Å². The van der Waals surface area contributed by atoms with Crippen molar-refractivity contribution >= 4 is 28.7 Å². The van der Waals surface area contributed by atoms with Crippen LogP contribution in [0.5, 0.6) is 0 Å². The van der Waals surface area contributed by atoms with Gasteiger partial charge >= 0.3 is 5.69 Å². The molecular formula is C16H14FN5O3S. The number of primary amides is 1. The fraction of sp³-hybridized carbons (Fsp3) is 0.188. The quantitative estimate of drug-likeness (QED) is 0.522. The van der Waals surface area contributed by atoms with Crippen LogP contribution >= 0.6 is 11.8 Å². The Morgan fingerprint density at radius 1 is 1.23 bits per heavy atom. The van der Waals surface area contributed by atoms with Crippen molar-refractivity contribution in [3.63, 3.8) is 0 Å². The molecule has 2 N–H and O–H groups in total. The molecule has 0 atom stereocenters. The molecule has 3 aromatic rings. The summed E-state index contributed by atoms with van der Waals surface area (Å²) in [5.41, 5.74) is 4.52. The second kappa shape index (κ2) is 6.71. The molecule has 1 aromatic carbocycles. The first-order valence-corrected chi connectivity index (χ1v) is 8.43. The first-order valence-electron chi connectivity index (χ1n) is 7.44. The second-order valence-corrected chi connectivity index (χ2v) is 6.49. The van der Waals surface area contributed by atoms with Gasteiger partial charge in [0.1, 0.15) is 16.2 Å². The number of benzene rings is 1. The number of thioether (sulfide) groups is 1. The van der Waals surface area contributed by atoms with Gasteiger partial charge in [-0.25, -0.2) is 19.2 Å². The third-order valence-electron chi connectivity index (χ3n) is 3.70. The fourth-order valence-electron chi connectivity index (χ4n) is 2.43. The van der Waals surface area contributed by atoms with Gasteiger partial charge < -0.3 is 5.73 Å². The van der Waals surface area contributed by atoms with Gasteiger partial charge in [-0.15, -0.1) is 0 Å². The number of rotatable bonds is 4. The Bertz CT molecular complexity index is 1160. The number of amides is 1. The zero-order valence-electron chi connectivity index (χ0n) is 13.9. The molecule has 2 aromatic heterocycles. The number of nitrogens with two attached hydrogens (primary N) is 1. The lowest BCUT2D eigenvalue weighted by Gasteiger charge is -2.11. The van der Waals surface area contributed by atoms with Gasteiger partial charge in [0.15, 0.2) is 11.5 Å². The smallest absolute Gasteiger partial charge is 0.332 e. The molecule has 134 valence electrons. The van der Waals surface area contributed by atoms with E-state index in [0.29, 0.717) is 5.56 Å². The summed E-state index contributed by atoms with van der Waals surface area (Å²) in [7, 11) is 2.81. The van der Waals surface area contributed by atoms with E-state index in [4.69, 9.17) is 5.73 Å². The highest BCUT2D eigenvalue weighted by atomic mass is 32.2. The number of hydrogen-bond acceptors (Lipinski definition) is 6. The van der Waals surface area contributed by atoms with Crippen molar-refractivity contribution in [2.45, 2.75) is 5.03 Å². The van der Waals surface area contributed by atoms with E-state index < -0.39 is 23.0 Å². The molecule has 2 heterocycles. The summed E-state index contributed by atoms with van der Waals surface area (Å²) in [5.74, 6) is -1.04. The number of nitrogens with zero attached hydrogens (tertiary/aromatic N) is 4. The van der Waals surface area contributed by atoms with Crippen molar-refractivity contribution in [2.24, 2.45) is 19.8 Å². The maximum absolute atomic E-state index is 13.6. The van der Waals surface area contributed by atoms with Gasteiger partial charge in [0.05, 0.1) is 5.75 Å². The molecule has 0 aliphatic carbocycles. The Hall–Kier alpha value is -3.01. The lowest BCUT2D eigenvalue weighted by molar-refractivity contribution is -0.115. The Balaban J connectivity index is 2.38. The predicted octanol–water partition coefficient (Wildman–Crippen LogP) is 0.411. The van der Waals surface area contributed by atoms with Gasteiger partial charge in [-0.3, -0.25) is 18.7 Å². The Labute approximate surface area is 150 Å². The minimum Gasteiger partial charge on any atom is -0.369 e. The van der Waals surface area contributed by atoms with Crippen molar-refractivity contribution < 1.29 is 9.18 Å². The first kappa shape index (κ1) is 17.8. The van der Waals surface area contributed by atoms with Crippen molar-refractivity contribution in [2.75, 3.05) is 5.75 Å². The molecule has 0 radical (unpaired) electrons. The highest BCUT2D eigenvalue weighted by Crippen LogP contribution is 2.26. The van der Waals surface area contributed by atoms with E-state index in [0.717, 1.165) is 16.3 Å². The van der Waals surface area contributed by atoms with E-state index in [-0.39, 0.29) is 27.6 Å². The van der Waals surface area contributed by atoms with Crippen LogP contribution in [0.25, 0.3) is 22.4 Å². The molecule has 10 heteroatoms. The molecule has 0 saturated carbocycles. The molecule has 0 fully saturated rings. The molecule has 0 aliphatic rings. The Morgan fingerprint density at radius 2 is 1.96 bits per heavy atom. The van der Waals surface area contributed by atoms with Crippen LogP contribution in [0, 0.1) is 5.82 Å². The number of aromatic nitrogens is 4. The number of aryl methyl sites for hydroxylation is 1. The monoisotopic (exact) mass is 375 g/mol. The van der Waals surface area contributed by atoms with E-state index in [1.165, 1.54) is 36.9 Å². The molecule has 0 spiro atoms. The van der Waals surface area contributed by atoms with Crippen molar-refractivity contribution in [1.29, 1.82) is 0 Å². The third-order valence-corrected chi connectivity index (χ3v) is 4.70. The SMILES string of the molecule is Cn1c(=O)c2c(SCC(N)=O)nc(-c3cccc(F)c3)nc2n(C)c1=O. The third kappa shape index (κ3) is 3.10. The van der Waals surface area contributed by atoms with Crippen LogP contribution in [0.15, 0.2) is 38.9 Å². The van der Waals surface area contributed by atoms with Gasteiger partial charge in [0, 0.05) is 19.7 Å². The Kier molecular flexibility index (Phi) is 4.60. The van der Waals surface area contributed by atoms with Gasteiger partial charge in [-0.05, 0) is 12.1 Å². The van der Waals surface area contributed by atoms with E-state index in [9.17, 15) is 18.8 Å². The van der Waals surface area contributed by atoms with Crippen molar-refractivity contribution in [3.8, 4) is 11.4 Å². The summed E-state index contributed by atoms with van der Waals surface area (Å²) in [4.78, 5) is 44.5. The average molecular weight is 375 g/mol. The Morgan fingerprint density at radius 3 is 2.62 bits per heavy atom. The maximum Gasteiger partial charge on any atom is 0.332 e. The summed E-state index contributed by atoms with van der Waals surface area (Å²) >= 11 is 0.960. The second-order valence-electron chi connectivity index (χ2n) is 5.52. The lowest BCUT2D eigenvalue weighted by Crippen LogP contribution is -2.37. The predicted molar refractivity (Wildman–Crippen MR) is 95.3 cm³/mol. The van der Waals surface area contributed by atoms with Gasteiger partial charge in [-0.2, -0.15) is 0 Å². The van der Waals surface area contributed by atoms with Gasteiger partial charge in [0.2, 0.25) is 5.91 Å². The minimum absolute atomic E-state index is 0.0966. The van der Waals surface area contributed by atoms with Crippen LogP contribution in [0.1, 0.15) is 0 Å². The fourth-order valence-corrected chi connectivity index (χ4v) is 3.18. The van der Waals surface area contributed by atoms with E-state index in [1.54, 1.807) is 6.07 Å². The van der Waals surface area contributed by atoms with Crippen LogP contribution in [0.2, 0.25) is 0 Å². The summed E-state index contributed by atoms with van der Waals surface area (Å²) in [6.07, 6.45) is 0. The van der Waals surface area contributed by atoms with Crippen LogP contribution in [0.4, 0.5) is 4.39 Å². The molecule has 0 saturated heterocycles. The first-order chi connectivity index (χ1) is 12.3. The summed E-state index contributed by atoms with van der Waals surface area (Å²) in [6.45, 7) is 0. The molecule has 8 nitrogen and oxygen atoms in total. The standard InChI is InChI=1S/C16H14FN5O3S/c1-21-13-11(15(24)22(2)16(21)25)14(26-7-10(18)23)20-12(19-13)8-4-3-5-9(17)6-8/h3-6H,7H2,1-2H3,(H2,18,23). The summed E-state index contributed by atoms with van der Waals surface area (Å²) in [6, 6.07) is 5.62. The average Bonchev–Trinajstić information content (AvgIpc) is 2.62. The van der Waals surface area contributed by atoms with Crippen LogP contribution in [-0.2, 0) is 18.9 Å². The molecule has 26 heavy (non-hydrogen) atoms. The van der Waals surface area contributed by atoms with E-state index in [1.807, 2.05) is 0 Å². The lowest BCUT2D eigenvalue weighted by atomic mass is 10.2. The highest BCUT2D eigenvalue weighted by Gasteiger charge is 2.18. The van der Waals surface area contributed by atoms with Gasteiger partial charge in [-0.1, -0.05) is 23.9 Å². The van der Waals surface area contributed by atoms with Crippen molar-refractivity contribution in [1.82, 2.24) is 19.1 Å². The summed E-state index contributed by atoms with van der Waals surface area (Å²) < 4.78 is 15.7. The number of carbonyl (C=O) groups is 1. The minimum atomic E-state index is -0.587. The molecular weight excluding hydrogens is 361 g/mol. The molecule has 0 unspecified atom stereocenters. The van der Waals surface area contributed by atoms with Crippen LogP contribution in [0.3, 0.4) is 0 Å². The normalized spacial score (nSPS) is 11.0. The van der Waals surface area contributed by atoms with Crippen LogP contribution < -0.4 is 17.0 Å². The zero-order chi connectivity index (χ0) is 19.0. The molecule has 3 rings (SSSR count). The maximum atomic E-state index is 13.6. The topological polar surface area (TPSA) is 113 Å².